The molecular weight excluding hydrogens is 306 g/mol. The fraction of sp³-hybridized carbons (Fsp3) is 0.353. The third kappa shape index (κ3) is 2.68. The minimum Gasteiger partial charge on any atom is -0.365 e. The van der Waals surface area contributed by atoms with Gasteiger partial charge in [0, 0.05) is 25.3 Å². The predicted octanol–water partition coefficient (Wildman–Crippen LogP) is 3.16. The van der Waals surface area contributed by atoms with Crippen LogP contribution in [0.3, 0.4) is 0 Å². The minimum absolute atomic E-state index is 0.193. The van der Waals surface area contributed by atoms with E-state index in [0.29, 0.717) is 11.9 Å². The summed E-state index contributed by atoms with van der Waals surface area (Å²) in [5.74, 6) is 1.57. The molecule has 6 heteroatoms. The van der Waals surface area contributed by atoms with Crippen molar-refractivity contribution < 1.29 is 0 Å². The number of aromatic nitrogens is 3. The lowest BCUT2D eigenvalue weighted by Gasteiger charge is -2.27. The van der Waals surface area contributed by atoms with Crippen molar-refractivity contribution in [2.24, 2.45) is 5.41 Å². The number of anilines is 1. The normalized spacial score (nSPS) is 20.0. The average Bonchev–Trinajstić information content (AvgIpc) is 3.15. The summed E-state index contributed by atoms with van der Waals surface area (Å²) in [5, 5.41) is 10.2. The number of nitrogens with zero attached hydrogens (tertiary/aromatic N) is 3. The van der Waals surface area contributed by atoms with Crippen molar-refractivity contribution in [2.75, 3.05) is 18.4 Å². The topological polar surface area (TPSA) is 62.7 Å². The van der Waals surface area contributed by atoms with E-state index in [0.717, 1.165) is 34.8 Å². The first-order valence-corrected chi connectivity index (χ1v) is 8.65. The van der Waals surface area contributed by atoms with Crippen LogP contribution in [0.4, 0.5) is 5.82 Å². The Hall–Kier alpha value is -2.05. The van der Waals surface area contributed by atoms with Gasteiger partial charge in [0.2, 0.25) is 0 Å². The monoisotopic (exact) mass is 325 g/mol. The lowest BCUT2D eigenvalue weighted by molar-refractivity contribution is 0.380. The molecule has 1 aliphatic rings. The zero-order chi connectivity index (χ0) is 15.9. The van der Waals surface area contributed by atoms with Crippen molar-refractivity contribution >= 4 is 27.4 Å². The third-order valence-electron chi connectivity index (χ3n) is 4.40. The van der Waals surface area contributed by atoms with Gasteiger partial charge in [0.25, 0.3) is 0 Å². The Labute approximate surface area is 139 Å². The third-order valence-corrected chi connectivity index (χ3v) is 5.21. The molecule has 1 aliphatic heterocycles. The quantitative estimate of drug-likeness (QED) is 0.774. The van der Waals surface area contributed by atoms with Gasteiger partial charge in [-0.1, -0.05) is 19.9 Å². The largest absolute Gasteiger partial charge is 0.365 e. The number of nitrogens with one attached hydrogen (secondary N) is 2. The number of rotatable bonds is 3. The van der Waals surface area contributed by atoms with Gasteiger partial charge >= 0.3 is 0 Å². The van der Waals surface area contributed by atoms with E-state index in [4.69, 9.17) is 4.98 Å². The van der Waals surface area contributed by atoms with Gasteiger partial charge in [-0.05, 0) is 29.0 Å². The Morgan fingerprint density at radius 2 is 2.17 bits per heavy atom. The first kappa shape index (κ1) is 14.5. The fourth-order valence-electron chi connectivity index (χ4n) is 2.92. The first-order valence-electron chi connectivity index (χ1n) is 7.77. The van der Waals surface area contributed by atoms with Crippen molar-refractivity contribution in [3.63, 3.8) is 0 Å². The van der Waals surface area contributed by atoms with Crippen molar-refractivity contribution in [3.05, 3.63) is 35.8 Å². The zero-order valence-electron chi connectivity index (χ0n) is 13.2. The lowest BCUT2D eigenvalue weighted by Crippen LogP contribution is -2.35. The minimum atomic E-state index is 0.193. The second kappa shape index (κ2) is 5.54. The van der Waals surface area contributed by atoms with Gasteiger partial charge in [-0.3, -0.25) is 4.98 Å². The summed E-state index contributed by atoms with van der Waals surface area (Å²) in [4.78, 5) is 14.8. The summed E-state index contributed by atoms with van der Waals surface area (Å²) >= 11 is 1.63. The maximum atomic E-state index is 4.77. The molecular formula is C17H19N5S. The van der Waals surface area contributed by atoms with E-state index in [2.05, 4.69) is 45.9 Å². The summed E-state index contributed by atoms with van der Waals surface area (Å²) in [5.41, 5.74) is 0.994. The van der Waals surface area contributed by atoms with Crippen LogP contribution in [0, 0.1) is 5.41 Å². The Bertz CT molecular complexity index is 827. The summed E-state index contributed by atoms with van der Waals surface area (Å²) < 4.78 is 0. The second-order valence-electron chi connectivity index (χ2n) is 6.57. The molecule has 0 spiro atoms. The van der Waals surface area contributed by atoms with Crippen molar-refractivity contribution in [2.45, 2.75) is 19.9 Å². The van der Waals surface area contributed by atoms with Gasteiger partial charge in [0.1, 0.15) is 16.3 Å². The molecule has 5 nitrogen and oxygen atoms in total. The molecule has 3 aromatic rings. The Morgan fingerprint density at radius 1 is 1.26 bits per heavy atom. The first-order chi connectivity index (χ1) is 11.1. The number of hydrogen-bond acceptors (Lipinski definition) is 6. The van der Waals surface area contributed by atoms with Gasteiger partial charge < -0.3 is 10.6 Å². The highest BCUT2D eigenvalue weighted by Crippen LogP contribution is 2.32. The molecule has 0 bridgehead atoms. The predicted molar refractivity (Wildman–Crippen MR) is 94.7 cm³/mol. The summed E-state index contributed by atoms with van der Waals surface area (Å²) in [7, 11) is 0. The van der Waals surface area contributed by atoms with Gasteiger partial charge in [-0.15, -0.1) is 11.3 Å². The SMILES string of the molecule is CC1(C)CNCC1Nc1nc(-c2ccccn2)nc2sccc12. The second-order valence-corrected chi connectivity index (χ2v) is 7.46. The van der Waals surface area contributed by atoms with Crippen LogP contribution < -0.4 is 10.6 Å². The van der Waals surface area contributed by atoms with E-state index in [1.54, 1.807) is 17.5 Å². The highest BCUT2D eigenvalue weighted by molar-refractivity contribution is 7.16. The molecule has 1 saturated heterocycles. The molecule has 4 heterocycles. The molecule has 2 N–H and O–H groups in total. The molecule has 0 saturated carbocycles. The highest BCUT2D eigenvalue weighted by Gasteiger charge is 2.35. The van der Waals surface area contributed by atoms with Crippen LogP contribution in [0.25, 0.3) is 21.7 Å². The zero-order valence-corrected chi connectivity index (χ0v) is 14.0. The molecule has 0 radical (unpaired) electrons. The fourth-order valence-corrected chi connectivity index (χ4v) is 3.69. The van der Waals surface area contributed by atoms with Gasteiger partial charge in [0.05, 0.1) is 5.39 Å². The van der Waals surface area contributed by atoms with Crippen LogP contribution in [0.2, 0.25) is 0 Å². The standard InChI is InChI=1S/C17H19N5S/c1-17(2)10-18-9-13(17)20-14-11-6-8-23-16(11)22-15(21-14)12-5-3-4-7-19-12/h3-8,13,18H,9-10H2,1-2H3,(H,20,21,22). The smallest absolute Gasteiger partial charge is 0.181 e. The lowest BCUT2D eigenvalue weighted by atomic mass is 9.88. The van der Waals surface area contributed by atoms with Crippen molar-refractivity contribution in [1.82, 2.24) is 20.3 Å². The molecule has 0 aromatic carbocycles. The maximum Gasteiger partial charge on any atom is 0.181 e. The van der Waals surface area contributed by atoms with Gasteiger partial charge in [-0.25, -0.2) is 9.97 Å². The Morgan fingerprint density at radius 3 is 2.91 bits per heavy atom. The van der Waals surface area contributed by atoms with E-state index in [9.17, 15) is 0 Å². The maximum absolute atomic E-state index is 4.77. The molecule has 3 aromatic heterocycles. The molecule has 1 unspecified atom stereocenters. The van der Waals surface area contributed by atoms with Crippen molar-refractivity contribution in [3.8, 4) is 11.5 Å². The molecule has 0 aliphatic carbocycles. The number of pyridine rings is 1. The van der Waals surface area contributed by atoms with Crippen LogP contribution in [0.15, 0.2) is 35.8 Å². The number of hydrogen-bond donors (Lipinski definition) is 2. The molecule has 4 rings (SSSR count). The van der Waals surface area contributed by atoms with E-state index >= 15 is 0 Å². The van der Waals surface area contributed by atoms with E-state index in [1.807, 2.05) is 18.2 Å². The van der Waals surface area contributed by atoms with Crippen LogP contribution in [0.5, 0.6) is 0 Å². The average molecular weight is 325 g/mol. The van der Waals surface area contributed by atoms with Crippen LogP contribution in [-0.2, 0) is 0 Å². The summed E-state index contributed by atoms with van der Waals surface area (Å²) in [6.45, 7) is 6.50. The number of thiophene rings is 1. The van der Waals surface area contributed by atoms with Gasteiger partial charge in [-0.2, -0.15) is 0 Å². The van der Waals surface area contributed by atoms with Crippen molar-refractivity contribution in [1.29, 1.82) is 0 Å². The van der Waals surface area contributed by atoms with Crippen LogP contribution >= 0.6 is 11.3 Å². The molecule has 0 amide bonds. The van der Waals surface area contributed by atoms with Crippen LogP contribution in [0.1, 0.15) is 13.8 Å². The summed E-state index contributed by atoms with van der Waals surface area (Å²) in [6, 6.07) is 8.23. The molecule has 23 heavy (non-hydrogen) atoms. The Balaban J connectivity index is 1.77. The molecule has 1 atom stereocenters. The summed E-state index contributed by atoms with van der Waals surface area (Å²) in [6.07, 6.45) is 1.77. The number of fused-ring (bicyclic) bond motifs is 1. The van der Waals surface area contributed by atoms with E-state index in [-0.39, 0.29) is 5.41 Å². The van der Waals surface area contributed by atoms with E-state index < -0.39 is 0 Å². The Kier molecular flexibility index (Phi) is 3.50. The van der Waals surface area contributed by atoms with E-state index in [1.165, 1.54) is 0 Å². The molecule has 118 valence electrons. The van der Waals surface area contributed by atoms with Gasteiger partial charge in [0.15, 0.2) is 5.82 Å². The highest BCUT2D eigenvalue weighted by atomic mass is 32.1. The molecule has 1 fully saturated rings. The van der Waals surface area contributed by atoms with Crippen LogP contribution in [-0.4, -0.2) is 34.1 Å².